The lowest BCUT2D eigenvalue weighted by Crippen LogP contribution is -2.51. The van der Waals surface area contributed by atoms with Crippen LogP contribution in [-0.2, 0) is 4.79 Å². The molecule has 3 aromatic rings. The van der Waals surface area contributed by atoms with Crippen molar-refractivity contribution in [1.82, 2.24) is 9.80 Å². The number of benzene rings is 3. The first kappa shape index (κ1) is 20.9. The van der Waals surface area contributed by atoms with Crippen molar-refractivity contribution in [3.8, 4) is 16.9 Å². The summed E-state index contributed by atoms with van der Waals surface area (Å²) in [5.41, 5.74) is 2.85. The SMILES string of the molecule is O=C(COc1ccc(Cl)cc1)N1CCN(C(=O)c2ccc(-c3ccccc3)cc2)CC1. The van der Waals surface area contributed by atoms with E-state index in [9.17, 15) is 9.59 Å². The molecule has 2 amide bonds. The zero-order valence-corrected chi connectivity index (χ0v) is 17.8. The number of hydrogen-bond donors (Lipinski definition) is 0. The molecule has 0 aliphatic carbocycles. The molecule has 1 heterocycles. The number of halogens is 1. The summed E-state index contributed by atoms with van der Waals surface area (Å²) in [6.07, 6.45) is 0. The second-order valence-electron chi connectivity index (χ2n) is 7.36. The van der Waals surface area contributed by atoms with Crippen molar-refractivity contribution in [2.75, 3.05) is 32.8 Å². The molecular weight excluding hydrogens is 412 g/mol. The fourth-order valence-electron chi connectivity index (χ4n) is 3.54. The fraction of sp³-hybridized carbons (Fsp3) is 0.200. The Morgan fingerprint density at radius 2 is 1.32 bits per heavy atom. The van der Waals surface area contributed by atoms with E-state index in [2.05, 4.69) is 0 Å². The van der Waals surface area contributed by atoms with Gasteiger partial charge in [0.05, 0.1) is 0 Å². The number of piperazine rings is 1. The van der Waals surface area contributed by atoms with Gasteiger partial charge in [-0.15, -0.1) is 0 Å². The van der Waals surface area contributed by atoms with Crippen LogP contribution in [0.5, 0.6) is 5.75 Å². The second-order valence-corrected chi connectivity index (χ2v) is 7.80. The van der Waals surface area contributed by atoms with Gasteiger partial charge in [-0.25, -0.2) is 0 Å². The van der Waals surface area contributed by atoms with Gasteiger partial charge in [0.25, 0.3) is 11.8 Å². The third-order valence-corrected chi connectivity index (χ3v) is 5.59. The number of carbonyl (C=O) groups excluding carboxylic acids is 2. The first-order valence-corrected chi connectivity index (χ1v) is 10.6. The van der Waals surface area contributed by atoms with Crippen molar-refractivity contribution in [3.05, 3.63) is 89.4 Å². The van der Waals surface area contributed by atoms with E-state index >= 15 is 0 Å². The molecule has 0 radical (unpaired) electrons. The van der Waals surface area contributed by atoms with E-state index in [1.807, 2.05) is 54.6 Å². The molecule has 4 rings (SSSR count). The first-order valence-electron chi connectivity index (χ1n) is 10.2. The minimum Gasteiger partial charge on any atom is -0.484 e. The number of ether oxygens (including phenoxy) is 1. The van der Waals surface area contributed by atoms with Crippen molar-refractivity contribution in [2.24, 2.45) is 0 Å². The average molecular weight is 435 g/mol. The number of amides is 2. The lowest BCUT2D eigenvalue weighted by molar-refractivity contribution is -0.134. The summed E-state index contributed by atoms with van der Waals surface area (Å²) in [5, 5.41) is 0.620. The first-order chi connectivity index (χ1) is 15.1. The summed E-state index contributed by atoms with van der Waals surface area (Å²) < 4.78 is 5.54. The smallest absolute Gasteiger partial charge is 0.260 e. The Balaban J connectivity index is 1.28. The number of rotatable bonds is 5. The van der Waals surface area contributed by atoms with Gasteiger partial charge < -0.3 is 14.5 Å². The topological polar surface area (TPSA) is 49.9 Å². The minimum absolute atomic E-state index is 0.0101. The average Bonchev–Trinajstić information content (AvgIpc) is 2.84. The number of hydrogen-bond acceptors (Lipinski definition) is 3. The molecule has 0 aromatic heterocycles. The molecule has 0 atom stereocenters. The molecule has 31 heavy (non-hydrogen) atoms. The van der Waals surface area contributed by atoms with Crippen LogP contribution in [0.25, 0.3) is 11.1 Å². The quantitative estimate of drug-likeness (QED) is 0.599. The maximum Gasteiger partial charge on any atom is 0.260 e. The van der Waals surface area contributed by atoms with Crippen molar-refractivity contribution >= 4 is 23.4 Å². The van der Waals surface area contributed by atoms with E-state index < -0.39 is 0 Å². The number of nitrogens with zero attached hydrogens (tertiary/aromatic N) is 2. The fourth-order valence-corrected chi connectivity index (χ4v) is 3.67. The third-order valence-electron chi connectivity index (χ3n) is 5.33. The van der Waals surface area contributed by atoms with Crippen molar-refractivity contribution in [1.29, 1.82) is 0 Å². The van der Waals surface area contributed by atoms with E-state index in [4.69, 9.17) is 16.3 Å². The van der Waals surface area contributed by atoms with Gasteiger partial charge >= 0.3 is 0 Å². The molecule has 0 unspecified atom stereocenters. The monoisotopic (exact) mass is 434 g/mol. The van der Waals surface area contributed by atoms with E-state index in [0.29, 0.717) is 42.5 Å². The zero-order valence-electron chi connectivity index (χ0n) is 17.0. The molecule has 0 N–H and O–H groups in total. The molecule has 1 aliphatic rings. The van der Waals surface area contributed by atoms with Gasteiger partial charge in [0.2, 0.25) is 0 Å². The highest BCUT2D eigenvalue weighted by molar-refractivity contribution is 6.30. The maximum atomic E-state index is 12.8. The second kappa shape index (κ2) is 9.67. The Labute approximate surface area is 186 Å². The minimum atomic E-state index is -0.0886. The van der Waals surface area contributed by atoms with Gasteiger partial charge in [-0.05, 0) is 47.5 Å². The number of carbonyl (C=O) groups is 2. The van der Waals surface area contributed by atoms with E-state index in [0.717, 1.165) is 11.1 Å². The normalized spacial score (nSPS) is 13.7. The molecular formula is C25H23ClN2O3. The van der Waals surface area contributed by atoms with Crippen molar-refractivity contribution < 1.29 is 14.3 Å². The van der Waals surface area contributed by atoms with Gasteiger partial charge in [0.1, 0.15) is 5.75 Å². The molecule has 0 saturated carbocycles. The van der Waals surface area contributed by atoms with Gasteiger partial charge in [0, 0.05) is 36.8 Å². The Morgan fingerprint density at radius 1 is 0.742 bits per heavy atom. The molecule has 1 aliphatic heterocycles. The molecule has 0 bridgehead atoms. The van der Waals surface area contributed by atoms with Crippen molar-refractivity contribution in [3.63, 3.8) is 0 Å². The molecule has 1 saturated heterocycles. The van der Waals surface area contributed by atoms with Crippen LogP contribution in [0.15, 0.2) is 78.9 Å². The van der Waals surface area contributed by atoms with Crippen LogP contribution < -0.4 is 4.74 Å². The summed E-state index contributed by atoms with van der Waals surface area (Å²) in [5.74, 6) is 0.504. The molecule has 0 spiro atoms. The largest absolute Gasteiger partial charge is 0.484 e. The Bertz CT molecular complexity index is 1030. The highest BCUT2D eigenvalue weighted by atomic mass is 35.5. The lowest BCUT2D eigenvalue weighted by atomic mass is 10.0. The Kier molecular flexibility index (Phi) is 6.53. The van der Waals surface area contributed by atoms with Crippen molar-refractivity contribution in [2.45, 2.75) is 0 Å². The van der Waals surface area contributed by atoms with Gasteiger partial charge in [-0.2, -0.15) is 0 Å². The third kappa shape index (κ3) is 5.25. The van der Waals surface area contributed by atoms with Gasteiger partial charge in [-0.1, -0.05) is 54.1 Å². The Hall–Kier alpha value is -3.31. The van der Waals surface area contributed by atoms with E-state index in [1.165, 1.54) is 0 Å². The lowest BCUT2D eigenvalue weighted by Gasteiger charge is -2.34. The molecule has 5 nitrogen and oxygen atoms in total. The highest BCUT2D eigenvalue weighted by Gasteiger charge is 2.25. The van der Waals surface area contributed by atoms with Gasteiger partial charge in [0.15, 0.2) is 6.61 Å². The van der Waals surface area contributed by atoms with Crippen LogP contribution in [0.1, 0.15) is 10.4 Å². The zero-order chi connectivity index (χ0) is 21.6. The van der Waals surface area contributed by atoms with Crippen LogP contribution in [0, 0.1) is 0 Å². The summed E-state index contributed by atoms with van der Waals surface area (Å²) in [6.45, 7) is 1.97. The predicted octanol–water partition coefficient (Wildman–Crippen LogP) is 4.37. The standard InChI is InChI=1S/C25H23ClN2O3/c26-22-10-12-23(13-11-22)31-18-24(29)27-14-16-28(17-15-27)25(30)21-8-6-20(7-9-21)19-4-2-1-3-5-19/h1-13H,14-18H2. The van der Waals surface area contributed by atoms with Crippen LogP contribution >= 0.6 is 11.6 Å². The van der Waals surface area contributed by atoms with E-state index in [-0.39, 0.29) is 18.4 Å². The Morgan fingerprint density at radius 3 is 1.97 bits per heavy atom. The van der Waals surface area contributed by atoms with E-state index in [1.54, 1.807) is 34.1 Å². The summed E-state index contributed by atoms with van der Waals surface area (Å²) in [4.78, 5) is 28.8. The van der Waals surface area contributed by atoms with Gasteiger partial charge in [-0.3, -0.25) is 9.59 Å². The van der Waals surface area contributed by atoms with Crippen LogP contribution in [0.4, 0.5) is 0 Å². The summed E-state index contributed by atoms with van der Waals surface area (Å²) in [7, 11) is 0. The van der Waals surface area contributed by atoms with Crippen LogP contribution in [-0.4, -0.2) is 54.4 Å². The summed E-state index contributed by atoms with van der Waals surface area (Å²) in [6, 6.07) is 24.6. The summed E-state index contributed by atoms with van der Waals surface area (Å²) >= 11 is 5.85. The molecule has 6 heteroatoms. The van der Waals surface area contributed by atoms with Crippen LogP contribution in [0.2, 0.25) is 5.02 Å². The highest BCUT2D eigenvalue weighted by Crippen LogP contribution is 2.20. The predicted molar refractivity (Wildman–Crippen MR) is 121 cm³/mol. The maximum absolute atomic E-state index is 12.8. The molecule has 158 valence electrons. The molecule has 1 fully saturated rings. The van der Waals surface area contributed by atoms with Crippen LogP contribution in [0.3, 0.4) is 0 Å². The molecule has 3 aromatic carbocycles.